The summed E-state index contributed by atoms with van der Waals surface area (Å²) in [6.45, 7) is 4.60. The Morgan fingerprint density at radius 2 is 2.11 bits per heavy atom. The van der Waals surface area contributed by atoms with Gasteiger partial charge in [0.1, 0.15) is 0 Å². The molecule has 0 aliphatic carbocycles. The molecular weight excluding hydrogens is 220 g/mol. The number of benzene rings is 1. The maximum Gasteiger partial charge on any atom is 0.0388 e. The van der Waals surface area contributed by atoms with Crippen molar-refractivity contribution < 1.29 is 0 Å². The summed E-state index contributed by atoms with van der Waals surface area (Å²) in [4.78, 5) is 2.54. The van der Waals surface area contributed by atoms with Gasteiger partial charge in [-0.05, 0) is 63.5 Å². The first-order chi connectivity index (χ1) is 8.77. The second-order valence-electron chi connectivity index (χ2n) is 5.44. The molecule has 1 aromatic rings. The number of nitrogens with one attached hydrogen (secondary N) is 1. The Labute approximate surface area is 111 Å². The Balaban J connectivity index is 2.31. The predicted octanol–water partition coefficient (Wildman–Crippen LogP) is 2.85. The minimum atomic E-state index is 0.586. The molecule has 2 heteroatoms. The highest BCUT2D eigenvalue weighted by atomic mass is 15.1. The van der Waals surface area contributed by atoms with Crippen LogP contribution >= 0.6 is 0 Å². The highest BCUT2D eigenvalue weighted by Gasteiger charge is 2.30. The van der Waals surface area contributed by atoms with Crippen LogP contribution in [0.3, 0.4) is 0 Å². The van der Waals surface area contributed by atoms with Gasteiger partial charge in [-0.3, -0.25) is 4.90 Å². The van der Waals surface area contributed by atoms with Crippen LogP contribution in [0.1, 0.15) is 36.9 Å². The summed E-state index contributed by atoms with van der Waals surface area (Å²) < 4.78 is 0. The van der Waals surface area contributed by atoms with Crippen LogP contribution in [0.5, 0.6) is 0 Å². The van der Waals surface area contributed by atoms with Crippen LogP contribution in [0.4, 0.5) is 0 Å². The molecule has 0 aromatic heterocycles. The van der Waals surface area contributed by atoms with E-state index < -0.39 is 0 Å². The van der Waals surface area contributed by atoms with E-state index in [9.17, 15) is 0 Å². The lowest BCUT2D eigenvalue weighted by molar-refractivity contribution is 0.120. The molecule has 0 bridgehead atoms. The molecule has 1 fully saturated rings. The van der Waals surface area contributed by atoms with E-state index in [1.807, 2.05) is 0 Å². The standard InChI is InChI=1S/C16H26N2/c1-4-13-8-5-6-10-15(13)16-14(12-17-2)9-7-11-18(16)3/h5-6,8,10,14,16-17H,4,7,9,11-12H2,1-3H3. The fourth-order valence-corrected chi connectivity index (χ4v) is 3.37. The molecule has 1 N–H and O–H groups in total. The van der Waals surface area contributed by atoms with Gasteiger partial charge in [0.25, 0.3) is 0 Å². The Bertz CT molecular complexity index is 373. The van der Waals surface area contributed by atoms with E-state index in [4.69, 9.17) is 0 Å². The molecule has 1 aromatic carbocycles. The first kappa shape index (κ1) is 13.6. The van der Waals surface area contributed by atoms with Gasteiger partial charge < -0.3 is 5.32 Å². The van der Waals surface area contributed by atoms with Crippen molar-refractivity contribution in [2.24, 2.45) is 5.92 Å². The largest absolute Gasteiger partial charge is 0.319 e. The van der Waals surface area contributed by atoms with Crippen LogP contribution < -0.4 is 5.32 Å². The molecule has 0 saturated carbocycles. The van der Waals surface area contributed by atoms with Crippen molar-refractivity contribution in [3.8, 4) is 0 Å². The van der Waals surface area contributed by atoms with Crippen LogP contribution in [0.15, 0.2) is 24.3 Å². The second kappa shape index (κ2) is 6.35. The molecule has 2 unspecified atom stereocenters. The number of piperidine rings is 1. The van der Waals surface area contributed by atoms with Gasteiger partial charge in [0.2, 0.25) is 0 Å². The van der Waals surface area contributed by atoms with Crippen molar-refractivity contribution in [2.45, 2.75) is 32.2 Å². The average molecular weight is 246 g/mol. The van der Waals surface area contributed by atoms with Gasteiger partial charge in [0.15, 0.2) is 0 Å². The van der Waals surface area contributed by atoms with Gasteiger partial charge >= 0.3 is 0 Å². The number of aryl methyl sites for hydroxylation is 1. The summed E-state index contributed by atoms with van der Waals surface area (Å²) in [5.41, 5.74) is 3.06. The van der Waals surface area contributed by atoms with E-state index in [0.29, 0.717) is 6.04 Å². The summed E-state index contributed by atoms with van der Waals surface area (Å²) >= 11 is 0. The summed E-state index contributed by atoms with van der Waals surface area (Å²) in [7, 11) is 4.34. The molecule has 2 atom stereocenters. The van der Waals surface area contributed by atoms with Crippen molar-refractivity contribution in [2.75, 3.05) is 27.2 Å². The maximum absolute atomic E-state index is 3.37. The summed E-state index contributed by atoms with van der Waals surface area (Å²) in [5, 5.41) is 3.37. The zero-order valence-electron chi connectivity index (χ0n) is 11.9. The zero-order valence-corrected chi connectivity index (χ0v) is 11.9. The summed E-state index contributed by atoms with van der Waals surface area (Å²) in [6.07, 6.45) is 3.80. The van der Waals surface area contributed by atoms with Gasteiger partial charge in [-0.15, -0.1) is 0 Å². The molecule has 1 saturated heterocycles. The third-order valence-corrected chi connectivity index (χ3v) is 4.23. The van der Waals surface area contributed by atoms with Gasteiger partial charge in [0, 0.05) is 6.04 Å². The van der Waals surface area contributed by atoms with Gasteiger partial charge in [-0.25, -0.2) is 0 Å². The normalized spacial score (nSPS) is 25.3. The molecule has 1 aliphatic rings. The first-order valence-corrected chi connectivity index (χ1v) is 7.20. The fraction of sp³-hybridized carbons (Fsp3) is 0.625. The number of nitrogens with zero attached hydrogens (tertiary/aromatic N) is 1. The molecular formula is C16H26N2. The van der Waals surface area contributed by atoms with E-state index >= 15 is 0 Å². The molecule has 18 heavy (non-hydrogen) atoms. The highest BCUT2D eigenvalue weighted by molar-refractivity contribution is 5.31. The molecule has 0 spiro atoms. The quantitative estimate of drug-likeness (QED) is 0.879. The smallest absolute Gasteiger partial charge is 0.0388 e. The summed E-state index contributed by atoms with van der Waals surface area (Å²) in [6, 6.07) is 9.55. The second-order valence-corrected chi connectivity index (χ2v) is 5.44. The third-order valence-electron chi connectivity index (χ3n) is 4.23. The van der Waals surface area contributed by atoms with E-state index in [-0.39, 0.29) is 0 Å². The molecule has 2 nitrogen and oxygen atoms in total. The van der Waals surface area contributed by atoms with Crippen LogP contribution in [-0.2, 0) is 6.42 Å². The Kier molecular flexibility index (Phi) is 4.79. The lowest BCUT2D eigenvalue weighted by Gasteiger charge is -2.40. The van der Waals surface area contributed by atoms with Gasteiger partial charge in [0.05, 0.1) is 0 Å². The molecule has 0 radical (unpaired) electrons. The lowest BCUT2D eigenvalue weighted by atomic mass is 9.82. The van der Waals surface area contributed by atoms with Crippen LogP contribution in [-0.4, -0.2) is 32.1 Å². The first-order valence-electron chi connectivity index (χ1n) is 7.20. The fourth-order valence-electron chi connectivity index (χ4n) is 3.37. The Morgan fingerprint density at radius 1 is 1.33 bits per heavy atom. The summed E-state index contributed by atoms with van der Waals surface area (Å²) in [5.74, 6) is 0.737. The van der Waals surface area contributed by atoms with E-state index in [1.54, 1.807) is 5.56 Å². The monoisotopic (exact) mass is 246 g/mol. The van der Waals surface area contributed by atoms with Crippen molar-refractivity contribution in [1.82, 2.24) is 10.2 Å². The number of likely N-dealkylation sites (tertiary alicyclic amines) is 1. The Hall–Kier alpha value is -0.860. The van der Waals surface area contributed by atoms with E-state index in [1.165, 1.54) is 24.9 Å². The van der Waals surface area contributed by atoms with Crippen molar-refractivity contribution in [3.05, 3.63) is 35.4 Å². The Morgan fingerprint density at radius 3 is 2.83 bits per heavy atom. The van der Waals surface area contributed by atoms with Gasteiger partial charge in [-0.2, -0.15) is 0 Å². The molecule has 1 aliphatic heterocycles. The zero-order chi connectivity index (χ0) is 13.0. The van der Waals surface area contributed by atoms with Gasteiger partial charge in [-0.1, -0.05) is 31.2 Å². The number of hydrogen-bond acceptors (Lipinski definition) is 2. The van der Waals surface area contributed by atoms with Crippen LogP contribution in [0.2, 0.25) is 0 Å². The number of hydrogen-bond donors (Lipinski definition) is 1. The highest BCUT2D eigenvalue weighted by Crippen LogP contribution is 2.36. The van der Waals surface area contributed by atoms with Crippen molar-refractivity contribution in [1.29, 1.82) is 0 Å². The van der Waals surface area contributed by atoms with Crippen molar-refractivity contribution >= 4 is 0 Å². The topological polar surface area (TPSA) is 15.3 Å². The van der Waals surface area contributed by atoms with Crippen molar-refractivity contribution in [3.63, 3.8) is 0 Å². The van der Waals surface area contributed by atoms with E-state index in [0.717, 1.165) is 18.9 Å². The number of rotatable bonds is 4. The minimum absolute atomic E-state index is 0.586. The van der Waals surface area contributed by atoms with Crippen LogP contribution in [0.25, 0.3) is 0 Å². The molecule has 2 rings (SSSR count). The molecule has 1 heterocycles. The third kappa shape index (κ3) is 2.76. The minimum Gasteiger partial charge on any atom is -0.319 e. The van der Waals surface area contributed by atoms with E-state index in [2.05, 4.69) is 55.5 Å². The van der Waals surface area contributed by atoms with Crippen LogP contribution in [0, 0.1) is 5.92 Å². The SMILES string of the molecule is CCc1ccccc1C1C(CNC)CCCN1C. The maximum atomic E-state index is 3.37. The lowest BCUT2D eigenvalue weighted by Crippen LogP contribution is -2.40. The average Bonchev–Trinajstić information content (AvgIpc) is 2.39. The molecule has 0 amide bonds. The predicted molar refractivity (Wildman–Crippen MR) is 77.8 cm³/mol. The molecule has 100 valence electrons.